The molecule has 0 spiro atoms. The van der Waals surface area contributed by atoms with E-state index in [4.69, 9.17) is 90.5 Å². The number of likely N-dealkylation sites (N-methyl/N-ethyl adjacent to an activating group) is 2. The van der Waals surface area contributed by atoms with Crippen molar-refractivity contribution in [3.05, 3.63) is 174 Å². The number of rotatable bonds is 17. The fourth-order valence-corrected chi connectivity index (χ4v) is 10.6. The highest BCUT2D eigenvalue weighted by Crippen LogP contribution is 2.33. The molecule has 4 amide bonds. The second-order valence-corrected chi connectivity index (χ2v) is 22.5. The van der Waals surface area contributed by atoms with E-state index < -0.39 is 89.0 Å². The molecule has 97 heavy (non-hydrogen) atoms. The highest BCUT2D eigenvalue weighted by atomic mass is 127. The van der Waals surface area contributed by atoms with Crippen molar-refractivity contribution in [2.24, 2.45) is 17.2 Å². The lowest BCUT2D eigenvalue weighted by atomic mass is 10.0. The van der Waals surface area contributed by atoms with E-state index in [1.807, 2.05) is 0 Å². The summed E-state index contributed by atoms with van der Waals surface area (Å²) in [7, 11) is 3.06. The smallest absolute Gasteiger partial charge is 0.326 e. The van der Waals surface area contributed by atoms with Crippen LogP contribution in [0.5, 0.6) is 0 Å². The summed E-state index contributed by atoms with van der Waals surface area (Å²) in [6.45, 7) is 2.49. The molecule has 5 aromatic carbocycles. The van der Waals surface area contributed by atoms with Crippen LogP contribution in [0.25, 0.3) is 54.5 Å². The number of nitrogens with two attached hydrogens (primary N) is 3. The Morgan fingerprint density at radius 1 is 0.412 bits per heavy atom. The van der Waals surface area contributed by atoms with Gasteiger partial charge in [-0.15, -0.1) is 24.0 Å². The first-order valence-electron chi connectivity index (χ1n) is 27.5. The maximum absolute atomic E-state index is 13.3. The highest BCUT2D eigenvalue weighted by molar-refractivity contribution is 14.0. The maximum Gasteiger partial charge on any atom is 0.326 e. The van der Waals surface area contributed by atoms with E-state index in [1.165, 1.54) is 70.4 Å². The van der Waals surface area contributed by atoms with Crippen LogP contribution in [0.1, 0.15) is 57.9 Å². The lowest BCUT2D eigenvalue weighted by molar-refractivity contribution is -0.141. The topological polar surface area (TPSA) is 385 Å². The number of aliphatic carboxylic acids is 3. The summed E-state index contributed by atoms with van der Waals surface area (Å²) in [5.74, 6) is -7.26. The fourth-order valence-electron chi connectivity index (χ4n) is 9.51. The molecule has 0 aliphatic carbocycles. The summed E-state index contributed by atoms with van der Waals surface area (Å²) < 4.78 is 66.3. The van der Waals surface area contributed by atoms with Gasteiger partial charge in [0.15, 0.2) is 0 Å². The van der Waals surface area contributed by atoms with Gasteiger partial charge < -0.3 is 78.7 Å². The predicted molar refractivity (Wildman–Crippen MR) is 379 cm³/mol. The van der Waals surface area contributed by atoms with Crippen molar-refractivity contribution in [3.8, 4) is 0 Å². The molecule has 0 saturated heterocycles. The molecule has 5 atom stereocenters. The minimum atomic E-state index is -1.14. The Bertz CT molecular complexity index is 4220. The SMILES string of the molecule is C.C.CC(=O)NC(Cc1c[nH]c2c(Cl)c(F)ccc12)C(=O)O.CC(=O)N[C@@H](Cc1c[nH]c2c(Cl)c(F)ccc12)C(=O)O.CNC(=O)[C@@H](N)Cc1c[nH]c2c(Cl)c(F)ccc12.CNC(=O)[C@H](N)Cc1c[nH]c2c(Cl)c(F)ccc12.F.I.N[C@H](Cc1c[nH]c2c(Cl)c(F)ccc12)C(=O)O.[HH]. The van der Waals surface area contributed by atoms with Crippen LogP contribution >= 0.6 is 82.0 Å². The standard InChI is InChI=1S/2C13H12ClFN2O3.2C12H13ClFN3O.C11H10ClFN2O2.2CH4.FH.HI.H2/c2*1-6(18)17-10(13(19)20)4-7-5-16-12-8(7)2-3-9(15)11(12)14;2*1-16-12(18)9(15)4-6-5-17-11-7(6)2-3-8(14)10(11)13;12-9-7(13)2-1-6-5(4-15-10(6)9)3-8(14)11(16)17;;;;;/h2*2-3,5,10,16H,4H2,1H3,(H,17,18)(H,19,20);2*2-3,5,9,17H,4,15H2,1H3,(H,16,18);1-2,4,8,15H,3,14H2,(H,16,17);2*1H4;3*1H/t10-;;2*9-;8-;;;;;/m0.101...../s1. The first kappa shape index (κ1) is 84.8. The molecule has 1 unspecified atom stereocenters. The average Bonchev–Trinajstić information content (AvgIpc) is 1.68. The molecule has 10 rings (SSSR count). The zero-order valence-corrected chi connectivity index (χ0v) is 56.2. The van der Waals surface area contributed by atoms with Gasteiger partial charge in [-0.1, -0.05) is 72.9 Å². The van der Waals surface area contributed by atoms with Gasteiger partial charge in [0.05, 0.1) is 39.7 Å². The number of H-pyrrole nitrogens is 5. The molecule has 18 N–H and O–H groups in total. The fraction of sp³-hybridized carbons (Fsp3) is 0.254. The number of nitrogens with one attached hydrogen (secondary N) is 9. The van der Waals surface area contributed by atoms with Gasteiger partial charge in [0.2, 0.25) is 23.6 Å². The number of amides is 4. The van der Waals surface area contributed by atoms with E-state index in [1.54, 1.807) is 49.2 Å². The van der Waals surface area contributed by atoms with Gasteiger partial charge >= 0.3 is 17.9 Å². The quantitative estimate of drug-likeness (QED) is 0.0298. The molecule has 10 aromatic rings. The van der Waals surface area contributed by atoms with E-state index in [-0.39, 0.29) is 101 Å². The van der Waals surface area contributed by atoms with Crippen molar-refractivity contribution < 1.29 is 77.0 Å². The molecule has 5 aromatic heterocycles. The van der Waals surface area contributed by atoms with E-state index in [9.17, 15) is 55.5 Å². The number of aromatic nitrogens is 5. The number of hydrogen-bond donors (Lipinski definition) is 15. The van der Waals surface area contributed by atoms with Crippen molar-refractivity contribution in [3.63, 3.8) is 0 Å². The number of carbonyl (C=O) groups is 7. The number of benzene rings is 5. The summed E-state index contributed by atoms with van der Waals surface area (Å²) in [5.41, 5.74) is 22.9. The average molecular weight is 1580 g/mol. The molecule has 34 heteroatoms. The maximum atomic E-state index is 13.3. The molecular weight excluding hydrogens is 1500 g/mol. The molecule has 0 bridgehead atoms. The molecule has 0 saturated carbocycles. The van der Waals surface area contributed by atoms with Crippen LogP contribution in [0.2, 0.25) is 25.1 Å². The van der Waals surface area contributed by atoms with Crippen molar-refractivity contribution in [1.82, 2.24) is 46.2 Å². The van der Waals surface area contributed by atoms with Crippen molar-refractivity contribution >= 4 is 178 Å². The van der Waals surface area contributed by atoms with Gasteiger partial charge in [0.1, 0.15) is 72.3 Å². The summed E-state index contributed by atoms with van der Waals surface area (Å²) >= 11 is 29.1. The van der Waals surface area contributed by atoms with E-state index in [0.717, 1.165) is 21.9 Å². The molecular formula is C63H72Cl5F6IN12O10. The van der Waals surface area contributed by atoms with Crippen molar-refractivity contribution in [2.45, 2.75) is 91.0 Å². The zero-order valence-electron chi connectivity index (χ0n) is 50.1. The van der Waals surface area contributed by atoms with Gasteiger partial charge in [-0.25, -0.2) is 31.5 Å². The number of aromatic amines is 5. The number of carboxylic acid groups (broad SMARTS) is 3. The van der Waals surface area contributed by atoms with Crippen LogP contribution < -0.4 is 38.5 Å². The number of hydrogen-bond acceptors (Lipinski definition) is 10. The Morgan fingerprint density at radius 3 is 0.804 bits per heavy atom. The lowest BCUT2D eigenvalue weighted by Gasteiger charge is -2.12. The minimum absolute atomic E-state index is 0. The molecule has 0 radical (unpaired) electrons. The Balaban J connectivity index is 0.000000605. The van der Waals surface area contributed by atoms with E-state index in [2.05, 4.69) is 46.2 Å². The Kier molecular flexibility index (Phi) is 33.3. The van der Waals surface area contributed by atoms with Gasteiger partial charge in [0.25, 0.3) is 0 Å². The zero-order chi connectivity index (χ0) is 68.9. The third-order valence-electron chi connectivity index (χ3n) is 14.2. The highest BCUT2D eigenvalue weighted by Gasteiger charge is 2.25. The summed E-state index contributed by atoms with van der Waals surface area (Å²) in [6.07, 6.45) is 9.16. The number of fused-ring (bicyclic) bond motifs is 5. The first-order chi connectivity index (χ1) is 43.9. The third kappa shape index (κ3) is 21.4. The molecule has 22 nitrogen and oxygen atoms in total. The Hall–Kier alpha value is -8.27. The molecule has 0 aliphatic heterocycles. The Morgan fingerprint density at radius 2 is 0.619 bits per heavy atom. The van der Waals surface area contributed by atoms with Crippen molar-refractivity contribution in [2.75, 3.05) is 14.1 Å². The summed E-state index contributed by atoms with van der Waals surface area (Å²) in [6, 6.07) is 9.76. The normalized spacial score (nSPS) is 12.1. The monoisotopic (exact) mass is 1570 g/mol. The third-order valence-corrected chi connectivity index (χ3v) is 16.0. The van der Waals surface area contributed by atoms with Crippen LogP contribution in [0, 0.1) is 29.1 Å². The largest absolute Gasteiger partial charge is 0.480 e. The predicted octanol–water partition coefficient (Wildman–Crippen LogP) is 11.5. The molecule has 5 heterocycles. The molecule has 0 fully saturated rings. The van der Waals surface area contributed by atoms with Crippen LogP contribution in [0.3, 0.4) is 0 Å². The van der Waals surface area contributed by atoms with Gasteiger partial charge in [-0.05, 0) is 101 Å². The van der Waals surface area contributed by atoms with Gasteiger partial charge in [-0.3, -0.25) is 28.7 Å². The number of carboxylic acids is 3. The Labute approximate surface area is 593 Å². The van der Waals surface area contributed by atoms with Gasteiger partial charge in [0, 0.05) is 107 Å². The van der Waals surface area contributed by atoms with E-state index in [0.29, 0.717) is 73.3 Å². The van der Waals surface area contributed by atoms with Crippen LogP contribution in [0.15, 0.2) is 91.6 Å². The van der Waals surface area contributed by atoms with E-state index >= 15 is 0 Å². The second kappa shape index (κ2) is 38.0. The van der Waals surface area contributed by atoms with Gasteiger partial charge in [-0.2, -0.15) is 0 Å². The minimum Gasteiger partial charge on any atom is -0.480 e. The van der Waals surface area contributed by atoms with Crippen molar-refractivity contribution in [1.29, 1.82) is 0 Å². The number of halogens is 12. The lowest BCUT2D eigenvalue weighted by Crippen LogP contribution is -2.41. The molecule has 0 aliphatic rings. The summed E-state index contributed by atoms with van der Waals surface area (Å²) in [5, 5.41) is 40.1. The van der Waals surface area contributed by atoms with Crippen LogP contribution in [-0.4, -0.2) is 126 Å². The first-order valence-corrected chi connectivity index (χ1v) is 29.4. The molecule has 528 valence electrons. The number of carbonyl (C=O) groups excluding carboxylic acids is 4. The summed E-state index contributed by atoms with van der Waals surface area (Å²) in [4.78, 5) is 91.9. The second-order valence-electron chi connectivity index (χ2n) is 20.6. The van der Waals surface area contributed by atoms with Crippen LogP contribution in [0.4, 0.5) is 26.7 Å². The van der Waals surface area contributed by atoms with Crippen LogP contribution in [-0.2, 0) is 65.7 Å².